The van der Waals surface area contributed by atoms with Gasteiger partial charge >= 0.3 is 0 Å². The molecular formula is C14H16N6. The normalized spacial score (nSPS) is 10.8. The molecule has 3 aromatic rings. The molecule has 3 rings (SSSR count). The monoisotopic (exact) mass is 268 g/mol. The highest BCUT2D eigenvalue weighted by atomic mass is 15.4. The molecule has 0 bridgehead atoms. The number of rotatable bonds is 6. The maximum absolute atomic E-state index is 4.53. The minimum Gasteiger partial charge on any atom is -0.309 e. The van der Waals surface area contributed by atoms with Crippen molar-refractivity contribution in [2.45, 2.75) is 13.1 Å². The highest BCUT2D eigenvalue weighted by Gasteiger charge is 2.00. The zero-order valence-electron chi connectivity index (χ0n) is 11.1. The molecule has 0 amide bonds. The third-order valence-electron chi connectivity index (χ3n) is 2.96. The van der Waals surface area contributed by atoms with Crippen molar-refractivity contribution in [2.75, 3.05) is 6.54 Å². The Bertz CT molecular complexity index is 629. The van der Waals surface area contributed by atoms with Gasteiger partial charge in [0.1, 0.15) is 0 Å². The van der Waals surface area contributed by atoms with Crippen molar-refractivity contribution in [3.05, 3.63) is 60.7 Å². The molecule has 6 nitrogen and oxygen atoms in total. The van der Waals surface area contributed by atoms with Crippen LogP contribution in [0.3, 0.4) is 0 Å². The van der Waals surface area contributed by atoms with E-state index in [-0.39, 0.29) is 0 Å². The molecule has 0 aliphatic rings. The Kier molecular flexibility index (Phi) is 3.84. The van der Waals surface area contributed by atoms with Gasteiger partial charge in [0.05, 0.1) is 24.1 Å². The Hall–Kier alpha value is -2.47. The summed E-state index contributed by atoms with van der Waals surface area (Å²) in [4.78, 5) is 0. The van der Waals surface area contributed by atoms with Crippen LogP contribution in [-0.4, -0.2) is 31.3 Å². The quantitative estimate of drug-likeness (QED) is 0.684. The SMILES string of the molecule is c1ccc(-n2ccc(CNCCn3ccnn3)n2)cc1. The third-order valence-corrected chi connectivity index (χ3v) is 2.96. The number of aromatic nitrogens is 5. The van der Waals surface area contributed by atoms with Gasteiger partial charge in [0.25, 0.3) is 0 Å². The van der Waals surface area contributed by atoms with E-state index in [4.69, 9.17) is 0 Å². The summed E-state index contributed by atoms with van der Waals surface area (Å²) < 4.78 is 3.68. The lowest BCUT2D eigenvalue weighted by molar-refractivity contribution is 0.536. The van der Waals surface area contributed by atoms with Crippen LogP contribution < -0.4 is 5.32 Å². The number of para-hydroxylation sites is 1. The average molecular weight is 268 g/mol. The standard InChI is InChI=1S/C14H16N6/c1-2-4-14(5-3-1)20-9-6-13(17-20)12-15-7-10-19-11-8-16-18-19/h1-6,8-9,11,15H,7,10,12H2. The van der Waals surface area contributed by atoms with Gasteiger partial charge in [-0.25, -0.2) is 4.68 Å². The van der Waals surface area contributed by atoms with Crippen LogP contribution in [0.1, 0.15) is 5.69 Å². The summed E-state index contributed by atoms with van der Waals surface area (Å²) >= 11 is 0. The predicted molar refractivity (Wildman–Crippen MR) is 75.3 cm³/mol. The molecule has 1 N–H and O–H groups in total. The largest absolute Gasteiger partial charge is 0.309 e. The van der Waals surface area contributed by atoms with Crippen LogP contribution in [0.15, 0.2) is 55.0 Å². The van der Waals surface area contributed by atoms with Gasteiger partial charge in [0, 0.05) is 25.5 Å². The Labute approximate surface area is 117 Å². The van der Waals surface area contributed by atoms with E-state index in [1.54, 1.807) is 10.9 Å². The summed E-state index contributed by atoms with van der Waals surface area (Å²) in [6.45, 7) is 2.38. The second-order valence-electron chi connectivity index (χ2n) is 4.43. The molecule has 1 aromatic carbocycles. The van der Waals surface area contributed by atoms with Crippen molar-refractivity contribution in [3.8, 4) is 5.69 Å². The predicted octanol–water partition coefficient (Wildman–Crippen LogP) is 1.25. The maximum atomic E-state index is 4.53. The second-order valence-corrected chi connectivity index (χ2v) is 4.43. The fourth-order valence-electron chi connectivity index (χ4n) is 1.94. The number of hydrogen-bond acceptors (Lipinski definition) is 4. The van der Waals surface area contributed by atoms with Crippen molar-refractivity contribution in [1.29, 1.82) is 0 Å². The first kappa shape index (κ1) is 12.6. The van der Waals surface area contributed by atoms with Gasteiger partial charge in [-0.2, -0.15) is 5.10 Å². The highest BCUT2D eigenvalue weighted by Crippen LogP contribution is 2.06. The smallest absolute Gasteiger partial charge is 0.0766 e. The van der Waals surface area contributed by atoms with E-state index in [1.165, 1.54) is 0 Å². The van der Waals surface area contributed by atoms with Crippen LogP contribution in [0.25, 0.3) is 5.69 Å². The molecule has 0 saturated carbocycles. The molecule has 2 aromatic heterocycles. The van der Waals surface area contributed by atoms with E-state index in [9.17, 15) is 0 Å². The van der Waals surface area contributed by atoms with Crippen LogP contribution in [0.2, 0.25) is 0 Å². The molecule has 0 radical (unpaired) electrons. The van der Waals surface area contributed by atoms with E-state index >= 15 is 0 Å². The summed E-state index contributed by atoms with van der Waals surface area (Å²) in [5.74, 6) is 0. The highest BCUT2D eigenvalue weighted by molar-refractivity contribution is 5.30. The van der Waals surface area contributed by atoms with Crippen LogP contribution in [-0.2, 0) is 13.1 Å². The van der Waals surface area contributed by atoms with Gasteiger partial charge in [0.15, 0.2) is 0 Å². The first-order valence-electron chi connectivity index (χ1n) is 6.56. The number of nitrogens with one attached hydrogen (secondary N) is 1. The molecule has 0 spiro atoms. The number of benzene rings is 1. The van der Waals surface area contributed by atoms with E-state index in [1.807, 2.05) is 53.5 Å². The zero-order chi connectivity index (χ0) is 13.6. The Morgan fingerprint density at radius 1 is 1.05 bits per heavy atom. The summed E-state index contributed by atoms with van der Waals surface area (Å²) in [5.41, 5.74) is 2.09. The molecule has 0 fully saturated rings. The van der Waals surface area contributed by atoms with E-state index in [0.29, 0.717) is 0 Å². The Morgan fingerprint density at radius 3 is 2.75 bits per heavy atom. The molecule has 6 heteroatoms. The average Bonchev–Trinajstić information content (AvgIpc) is 3.16. The lowest BCUT2D eigenvalue weighted by Gasteiger charge is -2.03. The van der Waals surface area contributed by atoms with Gasteiger partial charge in [-0.3, -0.25) is 4.68 Å². The summed E-state index contributed by atoms with van der Waals surface area (Å²) in [6.07, 6.45) is 5.51. The van der Waals surface area contributed by atoms with Crippen molar-refractivity contribution in [2.24, 2.45) is 0 Å². The van der Waals surface area contributed by atoms with Gasteiger partial charge in [-0.15, -0.1) is 5.10 Å². The Balaban J connectivity index is 1.50. The second kappa shape index (κ2) is 6.12. The van der Waals surface area contributed by atoms with Crippen LogP contribution in [0.4, 0.5) is 0 Å². The summed E-state index contributed by atoms with van der Waals surface area (Å²) in [7, 11) is 0. The third kappa shape index (κ3) is 3.10. The molecule has 0 atom stereocenters. The molecule has 0 saturated heterocycles. The fourth-order valence-corrected chi connectivity index (χ4v) is 1.94. The number of nitrogens with zero attached hydrogens (tertiary/aromatic N) is 5. The van der Waals surface area contributed by atoms with Gasteiger partial charge in [-0.05, 0) is 18.2 Å². The van der Waals surface area contributed by atoms with Crippen LogP contribution >= 0.6 is 0 Å². The van der Waals surface area contributed by atoms with Crippen molar-refractivity contribution < 1.29 is 0 Å². The summed E-state index contributed by atoms with van der Waals surface area (Å²) in [5, 5.41) is 15.6. The fraction of sp³-hybridized carbons (Fsp3) is 0.214. The minimum atomic E-state index is 0.745. The molecule has 2 heterocycles. The lowest BCUT2D eigenvalue weighted by Crippen LogP contribution is -2.20. The van der Waals surface area contributed by atoms with Crippen LogP contribution in [0.5, 0.6) is 0 Å². The van der Waals surface area contributed by atoms with Gasteiger partial charge in [-0.1, -0.05) is 23.4 Å². The van der Waals surface area contributed by atoms with E-state index in [2.05, 4.69) is 20.7 Å². The zero-order valence-corrected chi connectivity index (χ0v) is 11.1. The molecule has 0 aliphatic heterocycles. The summed E-state index contributed by atoms with van der Waals surface area (Å²) in [6, 6.07) is 12.1. The topological polar surface area (TPSA) is 60.6 Å². The van der Waals surface area contributed by atoms with Crippen molar-refractivity contribution in [1.82, 2.24) is 30.1 Å². The van der Waals surface area contributed by atoms with E-state index < -0.39 is 0 Å². The van der Waals surface area contributed by atoms with Gasteiger partial charge in [0.2, 0.25) is 0 Å². The molecule has 20 heavy (non-hydrogen) atoms. The first-order valence-corrected chi connectivity index (χ1v) is 6.56. The number of hydrogen-bond donors (Lipinski definition) is 1. The van der Waals surface area contributed by atoms with Crippen molar-refractivity contribution in [3.63, 3.8) is 0 Å². The maximum Gasteiger partial charge on any atom is 0.0766 e. The van der Waals surface area contributed by atoms with Crippen molar-refractivity contribution >= 4 is 0 Å². The molecule has 102 valence electrons. The van der Waals surface area contributed by atoms with E-state index in [0.717, 1.165) is 31.0 Å². The minimum absolute atomic E-state index is 0.745. The molecular weight excluding hydrogens is 252 g/mol. The molecule has 0 unspecified atom stereocenters. The first-order chi connectivity index (χ1) is 9.92. The lowest BCUT2D eigenvalue weighted by atomic mass is 10.3. The molecule has 0 aliphatic carbocycles. The van der Waals surface area contributed by atoms with Crippen LogP contribution in [0, 0.1) is 0 Å². The Morgan fingerprint density at radius 2 is 1.95 bits per heavy atom. The van der Waals surface area contributed by atoms with Gasteiger partial charge < -0.3 is 5.32 Å².